The first-order valence-corrected chi connectivity index (χ1v) is 4.92. The third kappa shape index (κ3) is 4.94. The Morgan fingerprint density at radius 3 is 2.12 bits per heavy atom. The first kappa shape index (κ1) is 8.79. The van der Waals surface area contributed by atoms with Crippen LogP contribution in [0.1, 0.15) is 13.8 Å². The number of thioether (sulfide) groups is 2. The third-order valence-corrected chi connectivity index (χ3v) is 3.07. The molecule has 0 aliphatic carbocycles. The molecule has 0 rings (SSSR count). The Morgan fingerprint density at radius 2 is 2.00 bits per heavy atom. The van der Waals surface area contributed by atoms with Gasteiger partial charge in [0.15, 0.2) is 0 Å². The molecule has 0 nitrogen and oxygen atoms in total. The summed E-state index contributed by atoms with van der Waals surface area (Å²) < 4.78 is 1.04. The van der Waals surface area contributed by atoms with Gasteiger partial charge in [0, 0.05) is 5.25 Å². The zero-order chi connectivity index (χ0) is 6.57. The quantitative estimate of drug-likeness (QED) is 0.550. The molecule has 0 atom stereocenters. The van der Waals surface area contributed by atoms with E-state index in [1.807, 2.05) is 6.26 Å². The molecule has 0 bridgehead atoms. The zero-order valence-corrected chi connectivity index (χ0v) is 7.75. The predicted octanol–water partition coefficient (Wildman–Crippen LogP) is 2.78. The highest BCUT2D eigenvalue weighted by atomic mass is 32.2. The lowest BCUT2D eigenvalue weighted by molar-refractivity contribution is 1.12. The Morgan fingerprint density at radius 1 is 1.50 bits per heavy atom. The maximum atomic E-state index is 4.96. The first-order chi connectivity index (χ1) is 3.66. The van der Waals surface area contributed by atoms with Crippen LogP contribution in [0, 0.1) is 0 Å². The van der Waals surface area contributed by atoms with Crippen molar-refractivity contribution in [2.45, 2.75) is 19.1 Å². The van der Waals surface area contributed by atoms with Crippen LogP contribution in [0.4, 0.5) is 0 Å². The minimum atomic E-state index is 0.634. The molecule has 0 unspecified atom stereocenters. The van der Waals surface area contributed by atoms with Gasteiger partial charge in [-0.3, -0.25) is 0 Å². The third-order valence-electron chi connectivity index (χ3n) is 0.499. The summed E-state index contributed by atoms with van der Waals surface area (Å²) in [6, 6.07) is 0. The summed E-state index contributed by atoms with van der Waals surface area (Å²) in [5.41, 5.74) is 0. The van der Waals surface area contributed by atoms with E-state index in [4.69, 9.17) is 12.2 Å². The molecule has 3 heteroatoms. The fourth-order valence-corrected chi connectivity index (χ4v) is 2.17. The summed E-state index contributed by atoms with van der Waals surface area (Å²) in [4.78, 5) is 0. The summed E-state index contributed by atoms with van der Waals surface area (Å²) in [5.74, 6) is 0. The Balaban J connectivity index is 3.25. The molecule has 0 amide bonds. The number of rotatable bonds is 1. The highest BCUT2D eigenvalue weighted by Gasteiger charge is 1.97. The van der Waals surface area contributed by atoms with Crippen LogP contribution < -0.4 is 0 Å². The molecule has 0 saturated heterocycles. The van der Waals surface area contributed by atoms with Gasteiger partial charge < -0.3 is 0 Å². The minimum absolute atomic E-state index is 0.634. The van der Waals surface area contributed by atoms with Crippen molar-refractivity contribution in [2.24, 2.45) is 0 Å². The number of hydrogen-bond acceptors (Lipinski definition) is 3. The van der Waals surface area contributed by atoms with Gasteiger partial charge in [0.1, 0.15) is 3.53 Å². The van der Waals surface area contributed by atoms with Crippen molar-refractivity contribution >= 4 is 39.3 Å². The van der Waals surface area contributed by atoms with E-state index in [-0.39, 0.29) is 0 Å². The van der Waals surface area contributed by atoms with Crippen molar-refractivity contribution in [1.82, 2.24) is 0 Å². The lowest BCUT2D eigenvalue weighted by atomic mass is 10.6. The largest absolute Gasteiger partial charge is 0.111 e. The van der Waals surface area contributed by atoms with Crippen molar-refractivity contribution in [3.05, 3.63) is 0 Å². The van der Waals surface area contributed by atoms with E-state index < -0.39 is 0 Å². The van der Waals surface area contributed by atoms with E-state index in [2.05, 4.69) is 13.8 Å². The summed E-state index contributed by atoms with van der Waals surface area (Å²) >= 11 is 8.35. The molecule has 0 fully saturated rings. The lowest BCUT2D eigenvalue weighted by Gasteiger charge is -2.00. The first-order valence-electron chi connectivity index (χ1n) is 2.41. The summed E-state index contributed by atoms with van der Waals surface area (Å²) in [6.07, 6.45) is 2.01. The standard InChI is InChI=1S/C5H10S3/c1-4(2)8-5(6)7-3/h4H,1-3H3. The molecule has 0 aliphatic heterocycles. The molecular weight excluding hydrogens is 156 g/mol. The molecule has 0 aliphatic rings. The Labute approximate surface area is 64.8 Å². The van der Waals surface area contributed by atoms with E-state index in [1.165, 1.54) is 0 Å². The van der Waals surface area contributed by atoms with E-state index in [0.29, 0.717) is 5.25 Å². The Kier molecular flexibility index (Phi) is 5.11. The van der Waals surface area contributed by atoms with Gasteiger partial charge in [0.05, 0.1) is 0 Å². The van der Waals surface area contributed by atoms with Crippen LogP contribution in [-0.4, -0.2) is 15.0 Å². The van der Waals surface area contributed by atoms with Gasteiger partial charge >= 0.3 is 0 Å². The molecule has 8 heavy (non-hydrogen) atoms. The van der Waals surface area contributed by atoms with Crippen LogP contribution in [0.15, 0.2) is 0 Å². The maximum Gasteiger partial charge on any atom is 0.104 e. The highest BCUT2D eigenvalue weighted by Crippen LogP contribution is 2.18. The normalized spacial score (nSPS) is 10.0. The summed E-state index contributed by atoms with van der Waals surface area (Å²) in [7, 11) is 0. The Bertz CT molecular complexity index is 77.7. The maximum absolute atomic E-state index is 4.96. The second-order valence-corrected chi connectivity index (χ2v) is 5.21. The van der Waals surface area contributed by atoms with Crippen LogP contribution in [-0.2, 0) is 0 Å². The molecule has 0 saturated carbocycles. The molecule has 0 aromatic rings. The predicted molar refractivity (Wildman–Crippen MR) is 48.8 cm³/mol. The molecule has 48 valence electrons. The van der Waals surface area contributed by atoms with E-state index >= 15 is 0 Å². The van der Waals surface area contributed by atoms with Crippen molar-refractivity contribution in [2.75, 3.05) is 6.26 Å². The second-order valence-electron chi connectivity index (χ2n) is 1.62. The van der Waals surface area contributed by atoms with Crippen LogP contribution in [0.3, 0.4) is 0 Å². The van der Waals surface area contributed by atoms with Crippen molar-refractivity contribution in [1.29, 1.82) is 0 Å². The molecule has 0 N–H and O–H groups in total. The van der Waals surface area contributed by atoms with Gasteiger partial charge in [-0.1, -0.05) is 26.1 Å². The SMILES string of the molecule is CSC(=S)SC(C)C. The molecule has 0 spiro atoms. The monoisotopic (exact) mass is 166 g/mol. The number of hydrogen-bond donors (Lipinski definition) is 0. The van der Waals surface area contributed by atoms with Gasteiger partial charge in [-0.25, -0.2) is 0 Å². The van der Waals surface area contributed by atoms with Crippen molar-refractivity contribution in [3.63, 3.8) is 0 Å². The molecule has 0 heterocycles. The van der Waals surface area contributed by atoms with Crippen molar-refractivity contribution < 1.29 is 0 Å². The van der Waals surface area contributed by atoms with Crippen LogP contribution in [0.5, 0.6) is 0 Å². The van der Waals surface area contributed by atoms with Crippen LogP contribution >= 0.6 is 35.7 Å². The fourth-order valence-electron chi connectivity index (χ4n) is 0.241. The van der Waals surface area contributed by atoms with E-state index in [0.717, 1.165) is 3.53 Å². The van der Waals surface area contributed by atoms with Gasteiger partial charge in [-0.05, 0) is 6.26 Å². The van der Waals surface area contributed by atoms with Gasteiger partial charge in [-0.2, -0.15) is 0 Å². The van der Waals surface area contributed by atoms with Gasteiger partial charge in [0.2, 0.25) is 0 Å². The summed E-state index contributed by atoms with van der Waals surface area (Å²) in [5, 5.41) is 0.634. The minimum Gasteiger partial charge on any atom is -0.111 e. The average Bonchev–Trinajstić information content (AvgIpc) is 1.65. The Hall–Kier alpha value is 0.790. The van der Waals surface area contributed by atoms with Crippen LogP contribution in [0.25, 0.3) is 0 Å². The topological polar surface area (TPSA) is 0 Å². The van der Waals surface area contributed by atoms with Crippen LogP contribution in [0.2, 0.25) is 0 Å². The van der Waals surface area contributed by atoms with E-state index in [9.17, 15) is 0 Å². The average molecular weight is 166 g/mol. The number of thiocarbonyl (C=S) groups is 1. The lowest BCUT2D eigenvalue weighted by Crippen LogP contribution is -1.89. The van der Waals surface area contributed by atoms with Gasteiger partial charge in [0.25, 0.3) is 0 Å². The van der Waals surface area contributed by atoms with Crippen molar-refractivity contribution in [3.8, 4) is 0 Å². The van der Waals surface area contributed by atoms with E-state index in [1.54, 1.807) is 23.5 Å². The summed E-state index contributed by atoms with van der Waals surface area (Å²) in [6.45, 7) is 4.29. The highest BCUT2D eigenvalue weighted by molar-refractivity contribution is 8.47. The van der Waals surface area contributed by atoms with Gasteiger partial charge in [-0.15, -0.1) is 23.5 Å². The fraction of sp³-hybridized carbons (Fsp3) is 0.800. The second kappa shape index (κ2) is 4.65. The molecular formula is C5H10S3. The zero-order valence-electron chi connectivity index (χ0n) is 5.30. The molecule has 0 aromatic carbocycles. The molecule has 0 aromatic heterocycles. The molecule has 0 radical (unpaired) electrons. The smallest absolute Gasteiger partial charge is 0.104 e.